The number of hydrogen-bond acceptors (Lipinski definition) is 5. The second-order valence-electron chi connectivity index (χ2n) is 4.47. The van der Waals surface area contributed by atoms with Crippen LogP contribution in [0.1, 0.15) is 45.2 Å². The van der Waals surface area contributed by atoms with Crippen LogP contribution in [0.15, 0.2) is 6.07 Å². The Morgan fingerprint density at radius 1 is 0.950 bits per heavy atom. The number of hydrogen-bond donors (Lipinski definition) is 1. The van der Waals surface area contributed by atoms with Gasteiger partial charge in [0.2, 0.25) is 0 Å². The van der Waals surface area contributed by atoms with Crippen molar-refractivity contribution in [2.75, 3.05) is 11.9 Å². The molecule has 2 rings (SSSR count). The van der Waals surface area contributed by atoms with Gasteiger partial charge in [-0.15, -0.1) is 5.10 Å². The van der Waals surface area contributed by atoms with E-state index in [-0.39, 0.29) is 0 Å². The molecule has 0 aliphatic rings. The van der Waals surface area contributed by atoms with Crippen LogP contribution in [0.4, 0.5) is 5.82 Å². The van der Waals surface area contributed by atoms with Crippen LogP contribution in [0.3, 0.4) is 0 Å². The average Bonchev–Trinajstić information content (AvgIpc) is 2.90. The summed E-state index contributed by atoms with van der Waals surface area (Å²) in [5.41, 5.74) is 0. The van der Waals surface area contributed by atoms with Gasteiger partial charge >= 0.3 is 0 Å². The van der Waals surface area contributed by atoms with Crippen LogP contribution >= 0.6 is 0 Å². The summed E-state index contributed by atoms with van der Waals surface area (Å²) in [6.45, 7) is 9.06. The topological polar surface area (TPSA) is 68.5 Å². The first-order valence-corrected chi connectivity index (χ1v) is 7.28. The van der Waals surface area contributed by atoms with Crippen molar-refractivity contribution in [1.82, 2.24) is 24.7 Å². The Balaban J connectivity index is 2.50. The first-order valence-electron chi connectivity index (χ1n) is 7.28. The molecule has 1 N–H and O–H groups in total. The van der Waals surface area contributed by atoms with Gasteiger partial charge < -0.3 is 5.32 Å². The van der Waals surface area contributed by atoms with E-state index < -0.39 is 0 Å². The van der Waals surface area contributed by atoms with Gasteiger partial charge in [-0.05, 0) is 6.92 Å². The van der Waals surface area contributed by atoms with Gasteiger partial charge in [0, 0.05) is 31.9 Å². The van der Waals surface area contributed by atoms with Crippen LogP contribution in [0.5, 0.6) is 0 Å². The van der Waals surface area contributed by atoms with Crippen molar-refractivity contribution in [2.45, 2.75) is 47.0 Å². The van der Waals surface area contributed by atoms with E-state index in [0.717, 1.165) is 54.9 Å². The van der Waals surface area contributed by atoms with Gasteiger partial charge in [-0.2, -0.15) is 4.68 Å². The molecule has 0 aliphatic heterocycles. The van der Waals surface area contributed by atoms with Crippen LogP contribution in [-0.2, 0) is 19.3 Å². The van der Waals surface area contributed by atoms with E-state index in [1.165, 1.54) is 0 Å². The van der Waals surface area contributed by atoms with Gasteiger partial charge in [0.1, 0.15) is 17.5 Å². The molecule has 0 saturated carbocycles. The summed E-state index contributed by atoms with van der Waals surface area (Å²) in [6, 6.07) is 1.93. The molecule has 20 heavy (non-hydrogen) atoms. The van der Waals surface area contributed by atoms with Gasteiger partial charge in [0.05, 0.1) is 0 Å². The summed E-state index contributed by atoms with van der Waals surface area (Å²) in [5.74, 6) is 4.23. The van der Waals surface area contributed by atoms with E-state index in [0.29, 0.717) is 0 Å². The molecule has 0 amide bonds. The molecular weight excluding hydrogens is 252 g/mol. The van der Waals surface area contributed by atoms with Crippen molar-refractivity contribution in [3.63, 3.8) is 0 Å². The maximum Gasteiger partial charge on any atom is 0.161 e. The fourth-order valence-corrected chi connectivity index (χ4v) is 1.98. The van der Waals surface area contributed by atoms with Crippen LogP contribution in [0.2, 0.25) is 0 Å². The minimum absolute atomic E-state index is 0.789. The Morgan fingerprint density at radius 2 is 1.70 bits per heavy atom. The molecule has 0 aromatic carbocycles. The van der Waals surface area contributed by atoms with E-state index in [1.807, 2.05) is 17.7 Å². The summed E-state index contributed by atoms with van der Waals surface area (Å²) < 4.78 is 1.83. The lowest BCUT2D eigenvalue weighted by Crippen LogP contribution is -2.10. The molecule has 6 heteroatoms. The minimum Gasteiger partial charge on any atom is -0.370 e. The van der Waals surface area contributed by atoms with E-state index in [4.69, 9.17) is 0 Å². The predicted molar refractivity (Wildman–Crippen MR) is 79.2 cm³/mol. The predicted octanol–water partition coefficient (Wildman–Crippen LogP) is 2.18. The summed E-state index contributed by atoms with van der Waals surface area (Å²) in [6.07, 6.45) is 2.45. The third-order valence-electron chi connectivity index (χ3n) is 3.00. The molecule has 2 aromatic heterocycles. The van der Waals surface area contributed by atoms with Gasteiger partial charge in [-0.1, -0.05) is 20.8 Å². The summed E-state index contributed by atoms with van der Waals surface area (Å²) in [5, 5.41) is 7.77. The lowest BCUT2D eigenvalue weighted by atomic mass is 10.4. The zero-order chi connectivity index (χ0) is 14.5. The number of rotatable bonds is 6. The van der Waals surface area contributed by atoms with E-state index in [9.17, 15) is 0 Å². The standard InChI is InChI=1S/C14H22N6/c1-5-10-16-12(15-8-4)9-14(17-10)20-13(7-3)18-11(6-2)19-20/h9H,5-8H2,1-4H3,(H,15,16,17). The molecule has 2 heterocycles. The molecule has 0 saturated heterocycles. The molecule has 0 radical (unpaired) electrons. The van der Waals surface area contributed by atoms with Crippen LogP contribution in [-0.4, -0.2) is 31.3 Å². The minimum atomic E-state index is 0.789. The molecule has 0 fully saturated rings. The molecule has 0 unspecified atom stereocenters. The summed E-state index contributed by atoms with van der Waals surface area (Å²) in [7, 11) is 0. The van der Waals surface area contributed by atoms with Crippen molar-refractivity contribution in [1.29, 1.82) is 0 Å². The van der Waals surface area contributed by atoms with E-state index in [1.54, 1.807) is 0 Å². The van der Waals surface area contributed by atoms with Crippen LogP contribution < -0.4 is 5.32 Å². The number of nitrogens with one attached hydrogen (secondary N) is 1. The fourth-order valence-electron chi connectivity index (χ4n) is 1.98. The maximum atomic E-state index is 4.57. The molecule has 6 nitrogen and oxygen atoms in total. The Morgan fingerprint density at radius 3 is 2.30 bits per heavy atom. The van der Waals surface area contributed by atoms with Gasteiger partial charge in [0.25, 0.3) is 0 Å². The lowest BCUT2D eigenvalue weighted by Gasteiger charge is -2.09. The fraction of sp³-hybridized carbons (Fsp3) is 0.571. The molecule has 0 atom stereocenters. The highest BCUT2D eigenvalue weighted by atomic mass is 15.4. The Kier molecular flexibility index (Phi) is 4.65. The number of aryl methyl sites for hydroxylation is 3. The van der Waals surface area contributed by atoms with Crippen molar-refractivity contribution in [3.8, 4) is 5.82 Å². The van der Waals surface area contributed by atoms with Gasteiger partial charge in [-0.25, -0.2) is 15.0 Å². The number of anilines is 1. The lowest BCUT2D eigenvalue weighted by molar-refractivity contribution is 0.754. The highest BCUT2D eigenvalue weighted by Gasteiger charge is 2.12. The van der Waals surface area contributed by atoms with E-state index >= 15 is 0 Å². The average molecular weight is 274 g/mol. The first-order chi connectivity index (χ1) is 9.71. The van der Waals surface area contributed by atoms with E-state index in [2.05, 4.69) is 46.1 Å². The van der Waals surface area contributed by atoms with Crippen LogP contribution in [0.25, 0.3) is 5.82 Å². The SMILES string of the molecule is CCNc1cc(-n2nc(CC)nc2CC)nc(CC)n1. The summed E-state index contributed by atoms with van der Waals surface area (Å²) in [4.78, 5) is 13.6. The third kappa shape index (κ3) is 2.95. The quantitative estimate of drug-likeness (QED) is 0.874. The third-order valence-corrected chi connectivity index (χ3v) is 3.00. The normalized spacial score (nSPS) is 10.8. The monoisotopic (exact) mass is 274 g/mol. The number of aromatic nitrogens is 5. The molecule has 0 bridgehead atoms. The zero-order valence-corrected chi connectivity index (χ0v) is 12.6. The largest absolute Gasteiger partial charge is 0.370 e. The maximum absolute atomic E-state index is 4.57. The van der Waals surface area contributed by atoms with Crippen molar-refractivity contribution in [3.05, 3.63) is 23.5 Å². The smallest absolute Gasteiger partial charge is 0.161 e. The number of nitrogens with zero attached hydrogens (tertiary/aromatic N) is 5. The molecule has 108 valence electrons. The second kappa shape index (κ2) is 6.45. The Hall–Kier alpha value is -1.98. The highest BCUT2D eigenvalue weighted by Crippen LogP contribution is 2.14. The summed E-state index contributed by atoms with van der Waals surface area (Å²) >= 11 is 0. The van der Waals surface area contributed by atoms with Crippen molar-refractivity contribution < 1.29 is 0 Å². The molecule has 0 aliphatic carbocycles. The van der Waals surface area contributed by atoms with Crippen LogP contribution in [0, 0.1) is 0 Å². The molecule has 2 aromatic rings. The van der Waals surface area contributed by atoms with Gasteiger partial charge in [-0.3, -0.25) is 0 Å². The van der Waals surface area contributed by atoms with Crippen molar-refractivity contribution in [2.24, 2.45) is 0 Å². The Labute approximate surface area is 119 Å². The highest BCUT2D eigenvalue weighted by molar-refractivity contribution is 5.41. The Bertz CT molecular complexity index is 575. The molecule has 0 spiro atoms. The molecular formula is C14H22N6. The van der Waals surface area contributed by atoms with Crippen molar-refractivity contribution >= 4 is 5.82 Å². The van der Waals surface area contributed by atoms with Gasteiger partial charge in [0.15, 0.2) is 11.6 Å². The second-order valence-corrected chi connectivity index (χ2v) is 4.47. The first kappa shape index (κ1) is 14.4. The zero-order valence-electron chi connectivity index (χ0n) is 12.6.